The Bertz CT molecular complexity index is 1120. The van der Waals surface area contributed by atoms with Crippen molar-refractivity contribution in [1.82, 2.24) is 29.1 Å². The highest BCUT2D eigenvalue weighted by molar-refractivity contribution is 5.88. The van der Waals surface area contributed by atoms with Crippen LogP contribution < -0.4 is 10.4 Å². The minimum absolute atomic E-state index is 0.203. The third-order valence-corrected chi connectivity index (χ3v) is 4.36. The summed E-state index contributed by atoms with van der Waals surface area (Å²) in [6.07, 6.45) is 3.48. The number of benzene rings is 1. The molecule has 0 aliphatic rings. The Kier molecular flexibility index (Phi) is 4.16. The van der Waals surface area contributed by atoms with Crippen LogP contribution in [-0.4, -0.2) is 35.7 Å². The normalized spacial score (nSPS) is 11.5. The van der Waals surface area contributed by atoms with Crippen molar-refractivity contribution in [3.8, 4) is 17.1 Å². The first-order chi connectivity index (χ1) is 12.7. The van der Waals surface area contributed by atoms with E-state index < -0.39 is 0 Å². The van der Waals surface area contributed by atoms with Gasteiger partial charge in [0.1, 0.15) is 23.4 Å². The molecule has 3 heterocycles. The second kappa shape index (κ2) is 6.62. The molecule has 0 fully saturated rings. The van der Waals surface area contributed by atoms with Gasteiger partial charge in [0.2, 0.25) is 0 Å². The van der Waals surface area contributed by atoms with Gasteiger partial charge in [0.25, 0.3) is 0 Å². The maximum Gasteiger partial charge on any atom is 0.336 e. The Labute approximate surface area is 149 Å². The molecular weight excluding hydrogens is 332 g/mol. The summed E-state index contributed by atoms with van der Waals surface area (Å²) in [6.45, 7) is 5.19. The third kappa shape index (κ3) is 2.54. The van der Waals surface area contributed by atoms with Gasteiger partial charge >= 0.3 is 5.69 Å². The fraction of sp³-hybridized carbons (Fsp3) is 0.333. The SMILES string of the molecule is CCCCOc1ccccc1-c1nc2c([nH]1)c1nncn1c(=O)n2CC. The van der Waals surface area contributed by atoms with Gasteiger partial charge in [0, 0.05) is 6.54 Å². The van der Waals surface area contributed by atoms with Gasteiger partial charge in [-0.25, -0.2) is 14.2 Å². The number of aryl methyl sites for hydroxylation is 1. The number of unbranched alkanes of at least 4 members (excludes halogenated alkanes) is 1. The first kappa shape index (κ1) is 16.3. The molecule has 4 rings (SSSR count). The minimum atomic E-state index is -0.203. The highest BCUT2D eigenvalue weighted by Gasteiger charge is 2.18. The zero-order valence-corrected chi connectivity index (χ0v) is 14.8. The van der Waals surface area contributed by atoms with Crippen molar-refractivity contribution in [3.05, 3.63) is 41.1 Å². The first-order valence-corrected chi connectivity index (χ1v) is 8.79. The van der Waals surface area contributed by atoms with Crippen LogP contribution in [0.15, 0.2) is 35.4 Å². The summed E-state index contributed by atoms with van der Waals surface area (Å²) in [5.41, 5.74) is 2.37. The van der Waals surface area contributed by atoms with E-state index >= 15 is 0 Å². The van der Waals surface area contributed by atoms with Crippen LogP contribution in [0.2, 0.25) is 0 Å². The van der Waals surface area contributed by atoms with E-state index in [0.717, 1.165) is 24.2 Å². The number of ether oxygens (including phenoxy) is 1. The average molecular weight is 352 g/mol. The molecule has 0 aliphatic carbocycles. The van der Waals surface area contributed by atoms with Gasteiger partial charge < -0.3 is 9.72 Å². The highest BCUT2D eigenvalue weighted by atomic mass is 16.5. The van der Waals surface area contributed by atoms with Crippen molar-refractivity contribution in [2.75, 3.05) is 6.61 Å². The number of aromatic amines is 1. The second-order valence-electron chi connectivity index (χ2n) is 6.03. The predicted octanol–water partition coefficient (Wildman–Crippen LogP) is 2.63. The summed E-state index contributed by atoms with van der Waals surface area (Å²) in [7, 11) is 0. The van der Waals surface area contributed by atoms with Crippen molar-refractivity contribution < 1.29 is 4.74 Å². The molecule has 0 amide bonds. The lowest BCUT2D eigenvalue weighted by Gasteiger charge is -2.09. The largest absolute Gasteiger partial charge is 0.493 e. The van der Waals surface area contributed by atoms with Crippen LogP contribution >= 0.6 is 0 Å². The molecule has 0 atom stereocenters. The molecule has 4 aromatic rings. The lowest BCUT2D eigenvalue weighted by molar-refractivity contribution is 0.310. The maximum absolute atomic E-state index is 12.6. The van der Waals surface area contributed by atoms with Gasteiger partial charge in [0.05, 0.1) is 12.2 Å². The number of rotatable bonds is 6. The summed E-state index contributed by atoms with van der Waals surface area (Å²) >= 11 is 0. The van der Waals surface area contributed by atoms with Gasteiger partial charge in [-0.1, -0.05) is 25.5 Å². The lowest BCUT2D eigenvalue weighted by atomic mass is 10.2. The number of aromatic nitrogens is 6. The van der Waals surface area contributed by atoms with E-state index in [-0.39, 0.29) is 5.69 Å². The fourth-order valence-corrected chi connectivity index (χ4v) is 3.01. The number of hydrogen-bond acceptors (Lipinski definition) is 5. The first-order valence-electron chi connectivity index (χ1n) is 8.79. The zero-order chi connectivity index (χ0) is 18.1. The van der Waals surface area contributed by atoms with Crippen molar-refractivity contribution in [1.29, 1.82) is 0 Å². The summed E-state index contributed by atoms with van der Waals surface area (Å²) in [4.78, 5) is 20.6. The van der Waals surface area contributed by atoms with Crippen molar-refractivity contribution in [3.63, 3.8) is 0 Å². The van der Waals surface area contributed by atoms with Gasteiger partial charge in [-0.05, 0) is 25.5 Å². The van der Waals surface area contributed by atoms with Crippen molar-refractivity contribution >= 4 is 16.8 Å². The topological polar surface area (TPSA) is 90.1 Å². The highest BCUT2D eigenvalue weighted by Crippen LogP contribution is 2.30. The number of nitrogens with zero attached hydrogens (tertiary/aromatic N) is 5. The Hall–Kier alpha value is -3.16. The monoisotopic (exact) mass is 352 g/mol. The van der Waals surface area contributed by atoms with Crippen LogP contribution in [-0.2, 0) is 6.54 Å². The smallest absolute Gasteiger partial charge is 0.336 e. The molecule has 0 saturated heterocycles. The molecule has 26 heavy (non-hydrogen) atoms. The fourth-order valence-electron chi connectivity index (χ4n) is 3.01. The number of fused-ring (bicyclic) bond motifs is 3. The maximum atomic E-state index is 12.6. The Morgan fingerprint density at radius 2 is 2.04 bits per heavy atom. The molecule has 0 aliphatic heterocycles. The van der Waals surface area contributed by atoms with E-state index in [1.807, 2.05) is 31.2 Å². The second-order valence-corrected chi connectivity index (χ2v) is 6.03. The predicted molar refractivity (Wildman–Crippen MR) is 98.4 cm³/mol. The van der Waals surface area contributed by atoms with Crippen LogP contribution in [0.5, 0.6) is 5.75 Å². The van der Waals surface area contributed by atoms with E-state index in [1.165, 1.54) is 10.7 Å². The van der Waals surface area contributed by atoms with Crippen LogP contribution in [0.3, 0.4) is 0 Å². The standard InChI is InChI=1S/C18H20N6O2/c1-3-5-10-26-13-9-7-6-8-12(13)15-20-14-16(21-15)23(4-2)18(25)24-11-19-22-17(14)24/h6-9,11H,3-5,10H2,1-2H3,(H,20,21). The lowest BCUT2D eigenvalue weighted by Crippen LogP contribution is -2.26. The quantitative estimate of drug-likeness (QED) is 0.539. The van der Waals surface area contributed by atoms with E-state index in [0.29, 0.717) is 35.8 Å². The van der Waals surface area contributed by atoms with Gasteiger partial charge in [-0.15, -0.1) is 10.2 Å². The number of imidazole rings is 1. The molecule has 0 saturated carbocycles. The third-order valence-electron chi connectivity index (χ3n) is 4.36. The summed E-state index contributed by atoms with van der Waals surface area (Å²) in [5.74, 6) is 1.41. The van der Waals surface area contributed by atoms with Crippen LogP contribution in [0.1, 0.15) is 26.7 Å². The van der Waals surface area contributed by atoms with Crippen molar-refractivity contribution in [2.24, 2.45) is 0 Å². The average Bonchev–Trinajstić information content (AvgIpc) is 3.30. The zero-order valence-electron chi connectivity index (χ0n) is 14.8. The van der Waals surface area contributed by atoms with E-state index in [1.54, 1.807) is 4.57 Å². The Morgan fingerprint density at radius 3 is 2.85 bits per heavy atom. The molecule has 1 aromatic carbocycles. The van der Waals surface area contributed by atoms with Gasteiger partial charge in [-0.3, -0.25) is 4.57 Å². The summed E-state index contributed by atoms with van der Waals surface area (Å²) in [5, 5.41) is 7.93. The molecule has 8 nitrogen and oxygen atoms in total. The molecule has 1 N–H and O–H groups in total. The van der Waals surface area contributed by atoms with Crippen molar-refractivity contribution in [2.45, 2.75) is 33.2 Å². The van der Waals surface area contributed by atoms with Gasteiger partial charge in [0.15, 0.2) is 11.3 Å². The van der Waals surface area contributed by atoms with Crippen LogP contribution in [0, 0.1) is 0 Å². The number of H-pyrrole nitrogens is 1. The molecule has 0 bridgehead atoms. The van der Waals surface area contributed by atoms with Crippen LogP contribution in [0.4, 0.5) is 0 Å². The minimum Gasteiger partial charge on any atom is -0.493 e. The number of nitrogens with one attached hydrogen (secondary N) is 1. The molecule has 0 radical (unpaired) electrons. The molecule has 0 unspecified atom stereocenters. The van der Waals surface area contributed by atoms with Crippen LogP contribution in [0.25, 0.3) is 28.2 Å². The number of para-hydroxylation sites is 1. The molecular formula is C18H20N6O2. The summed E-state index contributed by atoms with van der Waals surface area (Å²) in [6, 6.07) is 7.76. The number of hydrogen-bond donors (Lipinski definition) is 1. The van der Waals surface area contributed by atoms with E-state index in [9.17, 15) is 4.79 Å². The Morgan fingerprint density at radius 1 is 1.19 bits per heavy atom. The Balaban J connectivity index is 1.90. The molecule has 8 heteroatoms. The molecule has 0 spiro atoms. The van der Waals surface area contributed by atoms with Gasteiger partial charge in [-0.2, -0.15) is 0 Å². The molecule has 134 valence electrons. The van der Waals surface area contributed by atoms with E-state index in [4.69, 9.17) is 4.74 Å². The van der Waals surface area contributed by atoms with E-state index in [2.05, 4.69) is 27.1 Å². The summed E-state index contributed by atoms with van der Waals surface area (Å²) < 4.78 is 8.95. The molecule has 3 aromatic heterocycles.